The average Bonchev–Trinajstić information content (AvgIpc) is 3.13. The fourth-order valence-electron chi connectivity index (χ4n) is 13.4. The first-order valence-corrected chi connectivity index (χ1v) is 20.7. The van der Waals surface area contributed by atoms with E-state index >= 15 is 0 Å². The summed E-state index contributed by atoms with van der Waals surface area (Å²) in [6, 6.07) is 0. The second-order valence-corrected chi connectivity index (χ2v) is 20.6. The number of hydrogen-bond acceptors (Lipinski definition) is 13. The zero-order chi connectivity index (χ0) is 42.9. The van der Waals surface area contributed by atoms with E-state index < -0.39 is 107 Å². The smallest absolute Gasteiger partial charge is 0.335 e. The Kier molecular flexibility index (Phi) is 10.7. The highest BCUT2D eigenvalue weighted by Gasteiger charge is 2.71. The van der Waals surface area contributed by atoms with Gasteiger partial charge < -0.3 is 59.8 Å². The molecule has 19 atom stereocenters. The first-order chi connectivity index (χ1) is 26.8. The van der Waals surface area contributed by atoms with E-state index in [1.165, 1.54) is 0 Å². The Hall–Kier alpha value is -2.54. The van der Waals surface area contributed by atoms with Crippen molar-refractivity contribution in [2.75, 3.05) is 0 Å². The Morgan fingerprint density at radius 2 is 1.28 bits per heavy atom. The van der Waals surface area contributed by atoms with Crippen LogP contribution in [0.25, 0.3) is 0 Å². The molecular weight excluding hydrogens is 760 g/mol. The van der Waals surface area contributed by atoms with Crippen LogP contribution in [0.15, 0.2) is 11.6 Å². The fraction of sp³-hybridized carbons (Fsp3) is 0.857. The summed E-state index contributed by atoms with van der Waals surface area (Å²) in [4.78, 5) is 51.3. The molecule has 0 bridgehead atoms. The van der Waals surface area contributed by atoms with Crippen molar-refractivity contribution in [3.05, 3.63) is 11.6 Å². The molecule has 58 heavy (non-hydrogen) atoms. The van der Waals surface area contributed by atoms with Crippen LogP contribution in [0.2, 0.25) is 0 Å². The van der Waals surface area contributed by atoms with Gasteiger partial charge in [0.25, 0.3) is 0 Å². The van der Waals surface area contributed by atoms with E-state index in [0.717, 1.165) is 37.7 Å². The number of aliphatic carboxylic acids is 3. The highest BCUT2D eigenvalue weighted by Crippen LogP contribution is 2.75. The number of aliphatic hydroxyl groups excluding tert-OH is 5. The minimum Gasteiger partial charge on any atom is -0.481 e. The number of aliphatic hydroxyl groups is 5. The van der Waals surface area contributed by atoms with Crippen LogP contribution in [0.1, 0.15) is 106 Å². The van der Waals surface area contributed by atoms with Gasteiger partial charge in [0.2, 0.25) is 0 Å². The van der Waals surface area contributed by atoms with Crippen LogP contribution >= 0.6 is 0 Å². The number of allylic oxidation sites excluding steroid dienone is 2. The number of hydrogen-bond donors (Lipinski definition) is 8. The number of carbonyl (C=O) groups is 4. The van der Waals surface area contributed by atoms with Crippen LogP contribution < -0.4 is 0 Å². The molecule has 7 rings (SSSR count). The third-order valence-corrected chi connectivity index (χ3v) is 17.2. The van der Waals surface area contributed by atoms with Crippen LogP contribution in [-0.4, -0.2) is 132 Å². The molecule has 0 aromatic rings. The van der Waals surface area contributed by atoms with Gasteiger partial charge in [-0.3, -0.25) is 9.59 Å². The summed E-state index contributed by atoms with van der Waals surface area (Å²) in [7, 11) is 0. The standard InChI is InChI=1S/C42H62O16/c1-37(2)21-8-11-42(7)31(20(43)16-18-19-17-39(4,36(53)54)13-12-38(19,3)14-15-41(18,42)6)40(21,5)10-9-22(37)55-35-30(26(47)25(46)29(57-35)33(51)52)58-34-27(48)23(44)24(45)28(56-34)32(49)50/h16,19,21-31,34-35,44-48H,8-15,17H2,1-7H3,(H,49,50)(H,51,52)(H,53,54)/t19-,21-,22-,23+,24+,25-,26-,27-,28+,29-,30+,31+,34+,35-,38+,39-,40-,41+,42-/m0/s1. The van der Waals surface area contributed by atoms with Crippen molar-refractivity contribution in [2.24, 2.45) is 50.2 Å². The van der Waals surface area contributed by atoms with Gasteiger partial charge in [-0.25, -0.2) is 9.59 Å². The second-order valence-electron chi connectivity index (χ2n) is 20.6. The molecule has 0 aromatic heterocycles. The first-order valence-electron chi connectivity index (χ1n) is 20.7. The lowest BCUT2D eigenvalue weighted by molar-refractivity contribution is -0.371. The molecule has 16 heteroatoms. The third kappa shape index (κ3) is 6.25. The van der Waals surface area contributed by atoms with Crippen molar-refractivity contribution in [2.45, 2.75) is 174 Å². The monoisotopic (exact) mass is 822 g/mol. The second kappa shape index (κ2) is 14.3. The minimum atomic E-state index is -2.05. The fourth-order valence-corrected chi connectivity index (χ4v) is 13.4. The van der Waals surface area contributed by atoms with Gasteiger partial charge in [0.1, 0.15) is 36.6 Å². The summed E-state index contributed by atoms with van der Waals surface area (Å²) in [5.41, 5.74) is -1.81. The molecule has 7 aliphatic rings. The van der Waals surface area contributed by atoms with E-state index in [9.17, 15) is 60.0 Å². The minimum absolute atomic E-state index is 0.0217. The van der Waals surface area contributed by atoms with Gasteiger partial charge in [0.05, 0.1) is 11.5 Å². The summed E-state index contributed by atoms with van der Waals surface area (Å²) >= 11 is 0. The van der Waals surface area contributed by atoms with E-state index in [4.69, 9.17) is 18.9 Å². The SMILES string of the molecule is CC1(C)[C@@H](O[C@H]2O[C@H](C(=O)O)[C@@H](O)[C@H](O)[C@H]2O[C@H]2O[C@@H](C(=O)O)[C@H](O)[C@@H](O)[C@@H]2O)CC[C@]2(C)[C@H]3C(=O)C=C4[C@@H]5C[C@@](C)(C(=O)O)CC[C@]5(C)CC[C@@]4(C)[C@@]3(C)CC[C@@H]12. The van der Waals surface area contributed by atoms with E-state index in [2.05, 4.69) is 27.7 Å². The lowest BCUT2D eigenvalue weighted by Gasteiger charge is -2.70. The summed E-state index contributed by atoms with van der Waals surface area (Å²) in [5, 5.41) is 83.0. The summed E-state index contributed by atoms with van der Waals surface area (Å²) in [6.45, 7) is 14.8. The van der Waals surface area contributed by atoms with Crippen molar-refractivity contribution in [1.29, 1.82) is 0 Å². The number of fused-ring (bicyclic) bond motifs is 7. The van der Waals surface area contributed by atoms with Crippen LogP contribution in [0.4, 0.5) is 0 Å². The molecule has 16 nitrogen and oxygen atoms in total. The highest BCUT2D eigenvalue weighted by molar-refractivity contribution is 5.95. The number of ketones is 1. The van der Waals surface area contributed by atoms with Gasteiger partial charge in [0, 0.05) is 5.92 Å². The molecular formula is C42H62O16. The molecule has 0 aromatic carbocycles. The Labute approximate surface area is 337 Å². The van der Waals surface area contributed by atoms with Gasteiger partial charge in [-0.15, -0.1) is 0 Å². The molecule has 5 aliphatic carbocycles. The van der Waals surface area contributed by atoms with E-state index in [0.29, 0.717) is 25.7 Å². The summed E-state index contributed by atoms with van der Waals surface area (Å²) in [6.07, 6.45) is -12.2. The number of carboxylic acid groups (broad SMARTS) is 3. The molecule has 2 saturated heterocycles. The van der Waals surface area contributed by atoms with Crippen LogP contribution in [0.3, 0.4) is 0 Å². The highest BCUT2D eigenvalue weighted by atomic mass is 16.8. The van der Waals surface area contributed by atoms with Gasteiger partial charge in [0.15, 0.2) is 30.6 Å². The van der Waals surface area contributed by atoms with Crippen molar-refractivity contribution >= 4 is 23.7 Å². The number of ether oxygens (including phenoxy) is 4. The number of carbonyl (C=O) groups excluding carboxylic acids is 1. The maximum absolute atomic E-state index is 14.8. The lowest BCUT2D eigenvalue weighted by Crippen LogP contribution is -2.68. The molecule has 6 fully saturated rings. The van der Waals surface area contributed by atoms with Crippen molar-refractivity contribution in [3.8, 4) is 0 Å². The number of carboxylic acids is 3. The zero-order valence-electron chi connectivity index (χ0n) is 34.4. The van der Waals surface area contributed by atoms with Gasteiger partial charge >= 0.3 is 17.9 Å². The van der Waals surface area contributed by atoms with Gasteiger partial charge in [-0.05, 0) is 110 Å². The quantitative estimate of drug-likeness (QED) is 0.171. The maximum atomic E-state index is 14.8. The molecule has 2 heterocycles. The Balaban J connectivity index is 1.17. The Morgan fingerprint density at radius 3 is 1.88 bits per heavy atom. The maximum Gasteiger partial charge on any atom is 0.335 e. The average molecular weight is 823 g/mol. The van der Waals surface area contributed by atoms with E-state index in [-0.39, 0.29) is 34.4 Å². The molecule has 326 valence electrons. The Morgan fingerprint density at radius 1 is 0.690 bits per heavy atom. The van der Waals surface area contributed by atoms with Gasteiger partial charge in [-0.2, -0.15) is 0 Å². The predicted octanol–water partition coefficient (Wildman–Crippen LogP) is 2.25. The molecule has 8 N–H and O–H groups in total. The molecule has 0 amide bonds. The first kappa shape index (κ1) is 43.5. The van der Waals surface area contributed by atoms with Gasteiger partial charge in [-0.1, -0.05) is 47.1 Å². The molecule has 0 unspecified atom stereocenters. The van der Waals surface area contributed by atoms with Crippen LogP contribution in [-0.2, 0) is 38.1 Å². The zero-order valence-corrected chi connectivity index (χ0v) is 34.4. The van der Waals surface area contributed by atoms with Crippen molar-refractivity contribution < 1.29 is 79.0 Å². The van der Waals surface area contributed by atoms with Crippen LogP contribution in [0, 0.1) is 50.2 Å². The van der Waals surface area contributed by atoms with Crippen molar-refractivity contribution in [1.82, 2.24) is 0 Å². The Bertz CT molecular complexity index is 1730. The molecule has 2 aliphatic heterocycles. The van der Waals surface area contributed by atoms with E-state index in [1.807, 2.05) is 26.8 Å². The number of rotatable bonds is 7. The third-order valence-electron chi connectivity index (χ3n) is 17.2. The normalized spacial score (nSPS) is 52.6. The molecule has 4 saturated carbocycles. The van der Waals surface area contributed by atoms with Crippen molar-refractivity contribution in [3.63, 3.8) is 0 Å². The summed E-state index contributed by atoms with van der Waals surface area (Å²) < 4.78 is 23.4. The topological polar surface area (TPSA) is 267 Å². The predicted molar refractivity (Wildman–Crippen MR) is 199 cm³/mol. The van der Waals surface area contributed by atoms with Crippen LogP contribution in [0.5, 0.6) is 0 Å². The van der Waals surface area contributed by atoms with E-state index in [1.54, 1.807) is 0 Å². The molecule has 0 spiro atoms. The lowest BCUT2D eigenvalue weighted by atomic mass is 9.33. The largest absolute Gasteiger partial charge is 0.481 e. The summed E-state index contributed by atoms with van der Waals surface area (Å²) in [5.74, 6) is -4.47. The molecule has 0 radical (unpaired) electrons.